The molecule has 1 aromatic rings. The predicted molar refractivity (Wildman–Crippen MR) is 91.1 cm³/mol. The molecule has 2 rings (SSSR count). The molecule has 1 aliphatic rings. The van der Waals surface area contributed by atoms with Gasteiger partial charge in [-0.05, 0) is 26.7 Å². The number of aromatic nitrogens is 2. The van der Waals surface area contributed by atoms with Gasteiger partial charge in [-0.2, -0.15) is 0 Å². The smallest absolute Gasteiger partial charge is 0.320 e. The van der Waals surface area contributed by atoms with Crippen molar-refractivity contribution >= 4 is 23.4 Å². The van der Waals surface area contributed by atoms with Gasteiger partial charge < -0.3 is 9.64 Å². The molecule has 0 bridgehead atoms. The van der Waals surface area contributed by atoms with Gasteiger partial charge in [0.1, 0.15) is 16.8 Å². The molecule has 23 heavy (non-hydrogen) atoms. The molecule has 0 aromatic carbocycles. The average Bonchev–Trinajstić information content (AvgIpc) is 2.72. The molecule has 1 aliphatic heterocycles. The standard InChI is InChI=1S/C16H25ClN4O2/c1-4-13-15(17)18-12(3)19-16(13)21-8-6-7-20(9-10-21)11-14(22)23-5-2/h4-11H2,1-3H3. The van der Waals surface area contributed by atoms with Crippen LogP contribution in [-0.2, 0) is 16.0 Å². The maximum absolute atomic E-state index is 11.6. The van der Waals surface area contributed by atoms with Crippen LogP contribution in [0.5, 0.6) is 0 Å². The molecule has 0 amide bonds. The van der Waals surface area contributed by atoms with Gasteiger partial charge in [0.15, 0.2) is 0 Å². The van der Waals surface area contributed by atoms with Crippen LogP contribution >= 0.6 is 11.6 Å². The maximum atomic E-state index is 11.6. The number of esters is 1. The van der Waals surface area contributed by atoms with E-state index in [4.69, 9.17) is 16.3 Å². The van der Waals surface area contributed by atoms with Crippen molar-refractivity contribution < 1.29 is 9.53 Å². The Labute approximate surface area is 142 Å². The van der Waals surface area contributed by atoms with Crippen molar-refractivity contribution in [3.8, 4) is 0 Å². The van der Waals surface area contributed by atoms with Gasteiger partial charge in [-0.1, -0.05) is 18.5 Å². The van der Waals surface area contributed by atoms with E-state index in [1.165, 1.54) is 0 Å². The van der Waals surface area contributed by atoms with Crippen molar-refractivity contribution in [1.82, 2.24) is 14.9 Å². The summed E-state index contributed by atoms with van der Waals surface area (Å²) in [6.45, 7) is 9.95. The largest absolute Gasteiger partial charge is 0.465 e. The molecule has 1 fully saturated rings. The van der Waals surface area contributed by atoms with Crippen molar-refractivity contribution in [2.75, 3.05) is 44.2 Å². The van der Waals surface area contributed by atoms with Crippen molar-refractivity contribution in [1.29, 1.82) is 0 Å². The molecule has 0 spiro atoms. The van der Waals surface area contributed by atoms with Gasteiger partial charge in [0.05, 0.1) is 13.2 Å². The van der Waals surface area contributed by atoms with Gasteiger partial charge in [-0.3, -0.25) is 9.69 Å². The molecule has 0 unspecified atom stereocenters. The van der Waals surface area contributed by atoms with E-state index in [0.717, 1.165) is 50.4 Å². The summed E-state index contributed by atoms with van der Waals surface area (Å²) in [7, 11) is 0. The molecule has 6 nitrogen and oxygen atoms in total. The van der Waals surface area contributed by atoms with Crippen LogP contribution in [0.2, 0.25) is 5.15 Å². The first-order valence-electron chi connectivity index (χ1n) is 8.21. The summed E-state index contributed by atoms with van der Waals surface area (Å²) < 4.78 is 5.03. The third-order valence-corrected chi connectivity index (χ3v) is 4.26. The lowest BCUT2D eigenvalue weighted by molar-refractivity contribution is -0.144. The van der Waals surface area contributed by atoms with E-state index in [2.05, 4.69) is 26.7 Å². The van der Waals surface area contributed by atoms with Gasteiger partial charge in [0.25, 0.3) is 0 Å². The summed E-state index contributed by atoms with van der Waals surface area (Å²) in [5.41, 5.74) is 0.996. The van der Waals surface area contributed by atoms with Crippen molar-refractivity contribution in [2.24, 2.45) is 0 Å². The molecule has 7 heteroatoms. The van der Waals surface area contributed by atoms with Gasteiger partial charge in [-0.15, -0.1) is 0 Å². The van der Waals surface area contributed by atoms with Gasteiger partial charge >= 0.3 is 5.97 Å². The summed E-state index contributed by atoms with van der Waals surface area (Å²) in [6, 6.07) is 0. The minimum atomic E-state index is -0.156. The van der Waals surface area contributed by atoms with E-state index >= 15 is 0 Å². The second-order valence-corrected chi connectivity index (χ2v) is 6.00. The van der Waals surface area contributed by atoms with Gasteiger partial charge in [0, 0.05) is 31.7 Å². The summed E-state index contributed by atoms with van der Waals surface area (Å²) in [4.78, 5) is 24.9. The van der Waals surface area contributed by atoms with E-state index in [0.29, 0.717) is 24.1 Å². The number of nitrogens with zero attached hydrogens (tertiary/aromatic N) is 4. The SMILES string of the molecule is CCOC(=O)CN1CCCN(c2nc(C)nc(Cl)c2CC)CC1. The van der Waals surface area contributed by atoms with Crippen LogP contribution in [0.25, 0.3) is 0 Å². The first-order valence-corrected chi connectivity index (χ1v) is 8.58. The Morgan fingerprint density at radius 2 is 2.00 bits per heavy atom. The molecule has 0 aliphatic carbocycles. The average molecular weight is 341 g/mol. The highest BCUT2D eigenvalue weighted by Crippen LogP contribution is 2.26. The Morgan fingerprint density at radius 1 is 1.22 bits per heavy atom. The normalized spacial score (nSPS) is 16.3. The van der Waals surface area contributed by atoms with E-state index in [1.807, 2.05) is 13.8 Å². The molecule has 0 N–H and O–H groups in total. The fraction of sp³-hybridized carbons (Fsp3) is 0.688. The van der Waals surface area contributed by atoms with Crippen LogP contribution in [0.4, 0.5) is 5.82 Å². The van der Waals surface area contributed by atoms with E-state index in [-0.39, 0.29) is 5.97 Å². The number of carbonyl (C=O) groups is 1. The minimum Gasteiger partial charge on any atom is -0.465 e. The highest BCUT2D eigenvalue weighted by Gasteiger charge is 2.21. The third-order valence-electron chi connectivity index (χ3n) is 3.95. The molecule has 1 aromatic heterocycles. The highest BCUT2D eigenvalue weighted by molar-refractivity contribution is 6.30. The van der Waals surface area contributed by atoms with E-state index in [9.17, 15) is 4.79 Å². The Balaban J connectivity index is 2.07. The summed E-state index contributed by atoms with van der Waals surface area (Å²) in [5, 5.41) is 0.544. The highest BCUT2D eigenvalue weighted by atomic mass is 35.5. The first kappa shape index (κ1) is 17.9. The van der Waals surface area contributed by atoms with E-state index in [1.54, 1.807) is 0 Å². The number of hydrogen-bond donors (Lipinski definition) is 0. The van der Waals surface area contributed by atoms with Crippen LogP contribution in [0.1, 0.15) is 31.7 Å². The lowest BCUT2D eigenvalue weighted by Gasteiger charge is -2.25. The fourth-order valence-corrected chi connectivity index (χ4v) is 3.18. The second-order valence-electron chi connectivity index (χ2n) is 5.64. The Morgan fingerprint density at radius 3 is 2.70 bits per heavy atom. The molecule has 1 saturated heterocycles. The maximum Gasteiger partial charge on any atom is 0.320 e. The number of ether oxygens (including phenoxy) is 1. The van der Waals surface area contributed by atoms with Crippen molar-refractivity contribution in [2.45, 2.75) is 33.6 Å². The lowest BCUT2D eigenvalue weighted by Crippen LogP contribution is -2.35. The second kappa shape index (κ2) is 8.45. The number of hydrogen-bond acceptors (Lipinski definition) is 6. The zero-order valence-corrected chi connectivity index (χ0v) is 14.9. The van der Waals surface area contributed by atoms with E-state index < -0.39 is 0 Å². The van der Waals surface area contributed by atoms with Crippen LogP contribution in [-0.4, -0.2) is 60.2 Å². The molecule has 2 heterocycles. The molecular weight excluding hydrogens is 316 g/mol. The fourth-order valence-electron chi connectivity index (χ4n) is 2.84. The number of rotatable bonds is 5. The zero-order valence-electron chi connectivity index (χ0n) is 14.1. The Bertz CT molecular complexity index is 553. The number of carbonyl (C=O) groups excluding carboxylic acids is 1. The number of halogens is 1. The van der Waals surface area contributed by atoms with Gasteiger partial charge in [0.2, 0.25) is 0 Å². The Hall–Kier alpha value is -1.40. The quantitative estimate of drug-likeness (QED) is 0.604. The van der Waals surface area contributed by atoms with Crippen molar-refractivity contribution in [3.05, 3.63) is 16.5 Å². The van der Waals surface area contributed by atoms with Crippen LogP contribution < -0.4 is 4.90 Å². The van der Waals surface area contributed by atoms with Gasteiger partial charge in [-0.25, -0.2) is 9.97 Å². The van der Waals surface area contributed by atoms with Crippen LogP contribution in [0, 0.1) is 6.92 Å². The summed E-state index contributed by atoms with van der Waals surface area (Å²) >= 11 is 6.28. The molecule has 0 saturated carbocycles. The lowest BCUT2D eigenvalue weighted by atomic mass is 10.2. The topological polar surface area (TPSA) is 58.6 Å². The number of aryl methyl sites for hydroxylation is 1. The predicted octanol–water partition coefficient (Wildman–Crippen LogP) is 2.08. The zero-order chi connectivity index (χ0) is 16.8. The summed E-state index contributed by atoms with van der Waals surface area (Å²) in [5.74, 6) is 1.47. The Kier molecular flexibility index (Phi) is 6.59. The molecule has 128 valence electrons. The van der Waals surface area contributed by atoms with Crippen LogP contribution in [0.15, 0.2) is 0 Å². The molecule has 0 radical (unpaired) electrons. The first-order chi connectivity index (χ1) is 11.0. The van der Waals surface area contributed by atoms with Crippen LogP contribution in [0.3, 0.4) is 0 Å². The monoisotopic (exact) mass is 340 g/mol. The minimum absolute atomic E-state index is 0.156. The molecule has 0 atom stereocenters. The summed E-state index contributed by atoms with van der Waals surface area (Å²) in [6.07, 6.45) is 1.78. The molecular formula is C16H25ClN4O2. The number of anilines is 1. The van der Waals surface area contributed by atoms with Crippen molar-refractivity contribution in [3.63, 3.8) is 0 Å². The third kappa shape index (κ3) is 4.78.